The van der Waals surface area contributed by atoms with Crippen molar-refractivity contribution in [3.63, 3.8) is 0 Å². The lowest BCUT2D eigenvalue weighted by molar-refractivity contribution is 0.0445. The van der Waals surface area contributed by atoms with Gasteiger partial charge >= 0.3 is 0 Å². The van der Waals surface area contributed by atoms with Gasteiger partial charge in [0.1, 0.15) is 5.75 Å². The number of rotatable bonds is 3. The van der Waals surface area contributed by atoms with Gasteiger partial charge in [0.15, 0.2) is 5.69 Å². The van der Waals surface area contributed by atoms with Crippen LogP contribution in [-0.2, 0) is 17.8 Å². The minimum atomic E-state index is -0.0212. The highest BCUT2D eigenvalue weighted by molar-refractivity contribution is 5.94. The van der Waals surface area contributed by atoms with E-state index >= 15 is 0 Å². The summed E-state index contributed by atoms with van der Waals surface area (Å²) in [5.74, 6) is 0.791. The normalized spacial score (nSPS) is 19.9. The molecule has 1 atom stereocenters. The molecule has 1 saturated heterocycles. The minimum absolute atomic E-state index is 0.0212. The summed E-state index contributed by atoms with van der Waals surface area (Å²) in [4.78, 5) is 14.7. The summed E-state index contributed by atoms with van der Waals surface area (Å²) in [6.45, 7) is 1.90. The van der Waals surface area contributed by atoms with E-state index in [1.165, 1.54) is 0 Å². The van der Waals surface area contributed by atoms with Gasteiger partial charge in [0.05, 0.1) is 26.4 Å². The lowest BCUT2D eigenvalue weighted by Gasteiger charge is -2.41. The molecule has 1 aromatic heterocycles. The minimum Gasteiger partial charge on any atom is -0.497 e. The molecular formula is C17H19N3O3. The van der Waals surface area contributed by atoms with E-state index in [1.807, 2.05) is 29.2 Å². The zero-order valence-electron chi connectivity index (χ0n) is 13.0. The van der Waals surface area contributed by atoms with Gasteiger partial charge in [0.25, 0.3) is 5.91 Å². The first kappa shape index (κ1) is 14.3. The van der Waals surface area contributed by atoms with E-state index in [9.17, 15) is 4.79 Å². The van der Waals surface area contributed by atoms with Crippen molar-refractivity contribution in [3.8, 4) is 5.75 Å². The van der Waals surface area contributed by atoms with E-state index < -0.39 is 0 Å². The van der Waals surface area contributed by atoms with E-state index in [2.05, 4.69) is 10.2 Å². The summed E-state index contributed by atoms with van der Waals surface area (Å²) in [5, 5.41) is 7.23. The third kappa shape index (κ3) is 2.39. The van der Waals surface area contributed by atoms with Crippen molar-refractivity contribution in [1.29, 1.82) is 0 Å². The summed E-state index contributed by atoms with van der Waals surface area (Å²) < 4.78 is 10.7. The van der Waals surface area contributed by atoms with Crippen LogP contribution in [0, 0.1) is 0 Å². The third-order valence-electron chi connectivity index (χ3n) is 4.66. The fraction of sp³-hybridized carbons (Fsp3) is 0.412. The highest BCUT2D eigenvalue weighted by atomic mass is 16.5. The fourth-order valence-corrected chi connectivity index (χ4v) is 3.25. The number of H-pyrrole nitrogens is 1. The molecule has 2 aliphatic heterocycles. The smallest absolute Gasteiger partial charge is 0.275 e. The van der Waals surface area contributed by atoms with Crippen molar-refractivity contribution in [3.05, 3.63) is 46.8 Å². The highest BCUT2D eigenvalue weighted by Gasteiger charge is 2.36. The Morgan fingerprint density at radius 3 is 3.17 bits per heavy atom. The monoisotopic (exact) mass is 313 g/mol. The van der Waals surface area contributed by atoms with Crippen LogP contribution in [0.4, 0.5) is 0 Å². The Morgan fingerprint density at radius 2 is 2.39 bits per heavy atom. The fourth-order valence-electron chi connectivity index (χ4n) is 3.25. The molecule has 2 aliphatic rings. The average Bonchev–Trinajstić information content (AvgIpc) is 2.98. The SMILES string of the molecule is COc1cccc(C2CCN2C(=O)c2n[nH]c3c2COCC3)c1. The molecule has 0 spiro atoms. The molecule has 1 N–H and O–H groups in total. The Bertz CT molecular complexity index is 740. The van der Waals surface area contributed by atoms with Crippen molar-refractivity contribution in [1.82, 2.24) is 15.1 Å². The maximum absolute atomic E-state index is 12.9. The van der Waals surface area contributed by atoms with E-state index in [0.717, 1.165) is 42.0 Å². The van der Waals surface area contributed by atoms with Crippen LogP contribution in [0.25, 0.3) is 0 Å². The predicted molar refractivity (Wildman–Crippen MR) is 83.3 cm³/mol. The first-order valence-corrected chi connectivity index (χ1v) is 7.86. The molecule has 1 fully saturated rings. The van der Waals surface area contributed by atoms with Crippen LogP contribution < -0.4 is 4.74 Å². The number of benzene rings is 1. The second-order valence-electron chi connectivity index (χ2n) is 5.91. The maximum Gasteiger partial charge on any atom is 0.275 e. The third-order valence-corrected chi connectivity index (χ3v) is 4.66. The molecule has 1 aromatic carbocycles. The molecule has 3 heterocycles. The molecule has 6 nitrogen and oxygen atoms in total. The quantitative estimate of drug-likeness (QED) is 0.942. The van der Waals surface area contributed by atoms with Crippen LogP contribution in [0.3, 0.4) is 0 Å². The molecule has 0 aliphatic carbocycles. The van der Waals surface area contributed by atoms with Crippen LogP contribution in [0.1, 0.15) is 39.8 Å². The molecule has 120 valence electrons. The van der Waals surface area contributed by atoms with Crippen molar-refractivity contribution in [2.45, 2.75) is 25.5 Å². The van der Waals surface area contributed by atoms with E-state index in [-0.39, 0.29) is 11.9 Å². The molecule has 0 radical (unpaired) electrons. The Kier molecular flexibility index (Phi) is 3.53. The average molecular weight is 313 g/mol. The van der Waals surface area contributed by atoms with Crippen LogP contribution in [0.5, 0.6) is 5.75 Å². The number of methoxy groups -OCH3 is 1. The predicted octanol–water partition coefficient (Wildman–Crippen LogP) is 2.08. The Hall–Kier alpha value is -2.34. The number of amides is 1. The van der Waals surface area contributed by atoms with Gasteiger partial charge in [0.2, 0.25) is 0 Å². The second-order valence-corrected chi connectivity index (χ2v) is 5.91. The van der Waals surface area contributed by atoms with Gasteiger partial charge in [-0.15, -0.1) is 0 Å². The van der Waals surface area contributed by atoms with Crippen LogP contribution in [0.2, 0.25) is 0 Å². The van der Waals surface area contributed by atoms with Crippen LogP contribution >= 0.6 is 0 Å². The number of hydrogen-bond donors (Lipinski definition) is 1. The number of nitrogens with zero attached hydrogens (tertiary/aromatic N) is 2. The van der Waals surface area contributed by atoms with Gasteiger partial charge in [-0.1, -0.05) is 12.1 Å². The molecule has 23 heavy (non-hydrogen) atoms. The molecule has 2 aromatic rings. The zero-order valence-corrected chi connectivity index (χ0v) is 13.0. The summed E-state index contributed by atoms with van der Waals surface area (Å²) >= 11 is 0. The number of likely N-dealkylation sites (tertiary alicyclic amines) is 1. The molecule has 4 rings (SSSR count). The Labute approximate surface area is 134 Å². The van der Waals surface area contributed by atoms with Crippen molar-refractivity contribution in [2.75, 3.05) is 20.3 Å². The van der Waals surface area contributed by atoms with E-state index in [0.29, 0.717) is 18.9 Å². The number of aromatic nitrogens is 2. The lowest BCUT2D eigenvalue weighted by atomic mass is 9.93. The number of nitrogens with one attached hydrogen (secondary N) is 1. The van der Waals surface area contributed by atoms with Crippen molar-refractivity contribution in [2.24, 2.45) is 0 Å². The lowest BCUT2D eigenvalue weighted by Crippen LogP contribution is -2.45. The number of fused-ring (bicyclic) bond motifs is 1. The van der Waals surface area contributed by atoms with Gasteiger partial charge in [0, 0.05) is 24.2 Å². The molecular weight excluding hydrogens is 294 g/mol. The largest absolute Gasteiger partial charge is 0.497 e. The number of aromatic amines is 1. The summed E-state index contributed by atoms with van der Waals surface area (Å²) in [5.41, 5.74) is 3.55. The number of ether oxygens (including phenoxy) is 2. The van der Waals surface area contributed by atoms with Crippen molar-refractivity contribution < 1.29 is 14.3 Å². The first-order chi connectivity index (χ1) is 11.3. The molecule has 1 unspecified atom stereocenters. The van der Waals surface area contributed by atoms with Gasteiger partial charge in [-0.3, -0.25) is 9.89 Å². The highest BCUT2D eigenvalue weighted by Crippen LogP contribution is 2.36. The van der Waals surface area contributed by atoms with Gasteiger partial charge in [-0.05, 0) is 24.1 Å². The molecule has 0 bridgehead atoms. The number of hydrogen-bond acceptors (Lipinski definition) is 4. The van der Waals surface area contributed by atoms with E-state index in [1.54, 1.807) is 7.11 Å². The van der Waals surface area contributed by atoms with E-state index in [4.69, 9.17) is 9.47 Å². The Morgan fingerprint density at radius 1 is 1.48 bits per heavy atom. The van der Waals surface area contributed by atoms with Crippen molar-refractivity contribution >= 4 is 5.91 Å². The molecule has 0 saturated carbocycles. The Balaban J connectivity index is 1.58. The number of carbonyl (C=O) groups excluding carboxylic acids is 1. The topological polar surface area (TPSA) is 67.5 Å². The maximum atomic E-state index is 12.9. The number of carbonyl (C=O) groups is 1. The zero-order chi connectivity index (χ0) is 15.8. The van der Waals surface area contributed by atoms with Crippen LogP contribution in [-0.4, -0.2) is 41.3 Å². The summed E-state index contributed by atoms with van der Waals surface area (Å²) in [6, 6.07) is 7.99. The first-order valence-electron chi connectivity index (χ1n) is 7.86. The standard InChI is InChI=1S/C17H19N3O3/c1-22-12-4-2-3-11(9-12)15-5-7-20(15)17(21)16-13-10-23-8-6-14(13)18-19-16/h2-4,9,15H,5-8,10H2,1H3,(H,18,19). The van der Waals surface area contributed by atoms with Gasteiger partial charge in [-0.2, -0.15) is 5.10 Å². The van der Waals surface area contributed by atoms with Gasteiger partial charge < -0.3 is 14.4 Å². The summed E-state index contributed by atoms with van der Waals surface area (Å²) in [7, 11) is 1.65. The van der Waals surface area contributed by atoms with Gasteiger partial charge in [-0.25, -0.2) is 0 Å². The molecule has 1 amide bonds. The van der Waals surface area contributed by atoms with Crippen LogP contribution in [0.15, 0.2) is 24.3 Å². The summed E-state index contributed by atoms with van der Waals surface area (Å²) in [6.07, 6.45) is 1.75. The molecule has 6 heteroatoms. The second kappa shape index (κ2) is 5.70.